The Balaban J connectivity index is 3.61. The first kappa shape index (κ1) is 33.6. The summed E-state index contributed by atoms with van der Waals surface area (Å²) >= 11 is 1.57. The number of phenols is 1. The second-order valence-electron chi connectivity index (χ2n) is 12.3. The molecule has 0 aliphatic carbocycles. The van der Waals surface area contributed by atoms with Crippen molar-refractivity contribution < 1.29 is 24.2 Å². The molecule has 1 rings (SSSR count). The molecule has 1 aromatic carbocycles. The largest absolute Gasteiger partial charge is 0.508 e. The smallest absolute Gasteiger partial charge is 0.408 e. The Hall–Kier alpha value is -2.42. The van der Waals surface area contributed by atoms with Crippen molar-refractivity contribution in [3.8, 4) is 5.75 Å². The van der Waals surface area contributed by atoms with Crippen LogP contribution in [0.3, 0.4) is 0 Å². The predicted octanol–water partition coefficient (Wildman–Crippen LogP) is 5.65. The molecule has 0 spiro atoms. The minimum atomic E-state index is -0.957. The van der Waals surface area contributed by atoms with Gasteiger partial charge in [-0.1, -0.05) is 26.0 Å². The lowest BCUT2D eigenvalue weighted by Crippen LogP contribution is -2.57. The van der Waals surface area contributed by atoms with Crippen molar-refractivity contribution in [3.05, 3.63) is 29.8 Å². The van der Waals surface area contributed by atoms with Crippen molar-refractivity contribution in [3.63, 3.8) is 0 Å². The number of hydrogen-bond donors (Lipinski definition) is 3. The zero-order valence-corrected chi connectivity index (χ0v) is 25.7. The van der Waals surface area contributed by atoms with Gasteiger partial charge in [-0.2, -0.15) is 11.8 Å². The standard InChI is InChI=1S/C29H49N3O5S/c1-19(2)11-12-20(3)32(26(35)23(17-18-38-10)30-27(36)37-29(7,8)9)24(25(34)31-28(4,5)6)21-13-15-22(33)16-14-21/h13-16,19-20,23-24,33H,11-12,17-18H2,1-10H3,(H,30,36)(H,31,34). The van der Waals surface area contributed by atoms with Gasteiger partial charge in [0, 0.05) is 11.6 Å². The van der Waals surface area contributed by atoms with E-state index in [1.165, 1.54) is 12.1 Å². The van der Waals surface area contributed by atoms with Gasteiger partial charge in [0.05, 0.1) is 0 Å². The number of amides is 3. The van der Waals surface area contributed by atoms with E-state index in [0.717, 1.165) is 6.42 Å². The quantitative estimate of drug-likeness (QED) is 0.310. The third-order valence-electron chi connectivity index (χ3n) is 5.72. The minimum absolute atomic E-state index is 0.0684. The van der Waals surface area contributed by atoms with E-state index in [9.17, 15) is 19.5 Å². The van der Waals surface area contributed by atoms with E-state index in [1.54, 1.807) is 49.6 Å². The minimum Gasteiger partial charge on any atom is -0.508 e. The molecule has 0 bridgehead atoms. The average Bonchev–Trinajstić information content (AvgIpc) is 2.76. The average molecular weight is 552 g/mol. The molecule has 0 aliphatic heterocycles. The molecule has 0 heterocycles. The van der Waals surface area contributed by atoms with Crippen molar-refractivity contribution in [2.24, 2.45) is 5.92 Å². The maximum atomic E-state index is 14.3. The Bertz CT molecular complexity index is 906. The van der Waals surface area contributed by atoms with Crippen molar-refractivity contribution in [2.75, 3.05) is 12.0 Å². The molecule has 216 valence electrons. The molecule has 0 aromatic heterocycles. The molecular formula is C29H49N3O5S. The molecular weight excluding hydrogens is 502 g/mol. The number of alkyl carbamates (subject to hydrolysis) is 1. The van der Waals surface area contributed by atoms with Crippen LogP contribution in [0.15, 0.2) is 24.3 Å². The maximum Gasteiger partial charge on any atom is 0.408 e. The Morgan fingerprint density at radius 2 is 1.55 bits per heavy atom. The fraction of sp³-hybridized carbons (Fsp3) is 0.690. The van der Waals surface area contributed by atoms with Gasteiger partial charge in [-0.25, -0.2) is 4.79 Å². The zero-order chi connectivity index (χ0) is 29.3. The number of aromatic hydroxyl groups is 1. The zero-order valence-electron chi connectivity index (χ0n) is 24.9. The fourth-order valence-corrected chi connectivity index (χ4v) is 4.44. The lowest BCUT2D eigenvalue weighted by atomic mass is 9.96. The van der Waals surface area contributed by atoms with Crippen molar-refractivity contribution in [1.29, 1.82) is 0 Å². The van der Waals surface area contributed by atoms with Gasteiger partial charge in [-0.05, 0) is 103 Å². The number of hydrogen-bond acceptors (Lipinski definition) is 6. The summed E-state index contributed by atoms with van der Waals surface area (Å²) in [7, 11) is 0. The molecule has 0 radical (unpaired) electrons. The first-order chi connectivity index (χ1) is 17.4. The molecule has 9 heteroatoms. The molecule has 0 saturated carbocycles. The molecule has 3 N–H and O–H groups in total. The van der Waals surface area contributed by atoms with E-state index in [2.05, 4.69) is 24.5 Å². The highest BCUT2D eigenvalue weighted by Gasteiger charge is 2.39. The lowest BCUT2D eigenvalue weighted by molar-refractivity contribution is -0.145. The molecule has 1 aromatic rings. The van der Waals surface area contributed by atoms with Crippen LogP contribution in [0.2, 0.25) is 0 Å². The molecule has 0 saturated heterocycles. The molecule has 38 heavy (non-hydrogen) atoms. The van der Waals surface area contributed by atoms with Gasteiger partial charge in [-0.15, -0.1) is 0 Å². The molecule has 3 amide bonds. The van der Waals surface area contributed by atoms with Crippen molar-refractivity contribution in [1.82, 2.24) is 15.5 Å². The van der Waals surface area contributed by atoms with Crippen LogP contribution in [0.5, 0.6) is 5.75 Å². The number of carbonyl (C=O) groups excluding carboxylic acids is 3. The van der Waals surface area contributed by atoms with E-state index in [-0.39, 0.29) is 23.6 Å². The topological polar surface area (TPSA) is 108 Å². The third kappa shape index (κ3) is 12.0. The van der Waals surface area contributed by atoms with Crippen molar-refractivity contribution >= 4 is 29.7 Å². The van der Waals surface area contributed by atoms with Gasteiger partial charge in [0.2, 0.25) is 11.8 Å². The van der Waals surface area contributed by atoms with Crippen LogP contribution in [0, 0.1) is 5.92 Å². The Morgan fingerprint density at radius 1 is 0.974 bits per heavy atom. The van der Waals surface area contributed by atoms with Crippen LogP contribution in [0.4, 0.5) is 4.79 Å². The number of benzene rings is 1. The number of ether oxygens (including phenoxy) is 1. The molecule has 0 fully saturated rings. The molecule has 0 aliphatic rings. The summed E-state index contributed by atoms with van der Waals surface area (Å²) in [5.74, 6) is 0.450. The van der Waals surface area contributed by atoms with Gasteiger partial charge in [-0.3, -0.25) is 9.59 Å². The Labute approximate surface area is 233 Å². The van der Waals surface area contributed by atoms with E-state index in [1.807, 2.05) is 34.0 Å². The highest BCUT2D eigenvalue weighted by atomic mass is 32.2. The molecule has 8 nitrogen and oxygen atoms in total. The van der Waals surface area contributed by atoms with E-state index >= 15 is 0 Å². The van der Waals surface area contributed by atoms with Gasteiger partial charge < -0.3 is 25.4 Å². The second kappa shape index (κ2) is 14.7. The van der Waals surface area contributed by atoms with Crippen LogP contribution in [0.25, 0.3) is 0 Å². The van der Waals surface area contributed by atoms with Crippen LogP contribution in [-0.4, -0.2) is 63.1 Å². The summed E-state index contributed by atoms with van der Waals surface area (Å²) in [6.45, 7) is 17.1. The number of phenolic OH excluding ortho intramolecular Hbond substituents is 1. The normalized spacial score (nSPS) is 14.4. The first-order valence-electron chi connectivity index (χ1n) is 13.4. The first-order valence-corrected chi connectivity index (χ1v) is 14.8. The van der Waals surface area contributed by atoms with Gasteiger partial charge >= 0.3 is 6.09 Å². The summed E-state index contributed by atoms with van der Waals surface area (Å²) < 4.78 is 5.45. The van der Waals surface area contributed by atoms with Crippen LogP contribution >= 0.6 is 11.8 Å². The highest BCUT2D eigenvalue weighted by Crippen LogP contribution is 2.29. The summed E-state index contributed by atoms with van der Waals surface area (Å²) in [6.07, 6.45) is 3.20. The summed E-state index contributed by atoms with van der Waals surface area (Å²) in [4.78, 5) is 42.4. The number of carbonyl (C=O) groups is 3. The predicted molar refractivity (Wildman–Crippen MR) is 155 cm³/mol. The summed E-state index contributed by atoms with van der Waals surface area (Å²) in [5.41, 5.74) is -0.673. The summed E-state index contributed by atoms with van der Waals surface area (Å²) in [5, 5.41) is 15.7. The second-order valence-corrected chi connectivity index (χ2v) is 13.3. The number of rotatable bonds is 12. The SMILES string of the molecule is CSCCC(NC(=O)OC(C)(C)C)C(=O)N(C(C)CCC(C)C)C(C(=O)NC(C)(C)C)c1ccc(O)cc1. The molecule has 3 atom stereocenters. The fourth-order valence-electron chi connectivity index (χ4n) is 3.97. The highest BCUT2D eigenvalue weighted by molar-refractivity contribution is 7.98. The van der Waals surface area contributed by atoms with Crippen LogP contribution < -0.4 is 10.6 Å². The number of nitrogens with zero attached hydrogens (tertiary/aromatic N) is 1. The van der Waals surface area contributed by atoms with Gasteiger partial charge in [0.15, 0.2) is 0 Å². The van der Waals surface area contributed by atoms with Gasteiger partial charge in [0.25, 0.3) is 0 Å². The van der Waals surface area contributed by atoms with Crippen LogP contribution in [-0.2, 0) is 14.3 Å². The monoisotopic (exact) mass is 551 g/mol. The maximum absolute atomic E-state index is 14.3. The summed E-state index contributed by atoms with van der Waals surface area (Å²) in [6, 6.07) is 4.22. The lowest BCUT2D eigenvalue weighted by Gasteiger charge is -2.40. The Kier molecular flexibility index (Phi) is 13.0. The number of nitrogens with one attached hydrogen (secondary N) is 2. The molecule has 3 unspecified atom stereocenters. The van der Waals surface area contributed by atoms with Gasteiger partial charge in [0.1, 0.15) is 23.4 Å². The van der Waals surface area contributed by atoms with E-state index in [0.29, 0.717) is 30.1 Å². The van der Waals surface area contributed by atoms with Crippen molar-refractivity contribution in [2.45, 2.75) is 111 Å². The van der Waals surface area contributed by atoms with E-state index in [4.69, 9.17) is 4.74 Å². The Morgan fingerprint density at radius 3 is 2.03 bits per heavy atom. The van der Waals surface area contributed by atoms with E-state index < -0.39 is 29.3 Å². The van der Waals surface area contributed by atoms with Crippen LogP contribution in [0.1, 0.15) is 93.2 Å². The third-order valence-corrected chi connectivity index (χ3v) is 6.37. The number of thioether (sulfide) groups is 1.